The summed E-state index contributed by atoms with van der Waals surface area (Å²) in [5.41, 5.74) is 3.41. The Morgan fingerprint density at radius 1 is 1.25 bits per heavy atom. The van der Waals surface area contributed by atoms with Gasteiger partial charge in [0.2, 0.25) is 5.95 Å². The van der Waals surface area contributed by atoms with Gasteiger partial charge in [-0.05, 0) is 36.2 Å². The van der Waals surface area contributed by atoms with Crippen molar-refractivity contribution in [2.24, 2.45) is 0 Å². The summed E-state index contributed by atoms with van der Waals surface area (Å²) >= 11 is 5.84. The fourth-order valence-electron chi connectivity index (χ4n) is 2.07. The van der Waals surface area contributed by atoms with Crippen molar-refractivity contribution in [1.29, 1.82) is 0 Å². The number of carbonyl (C=O) groups is 1. The topological polar surface area (TPSA) is 64.1 Å². The van der Waals surface area contributed by atoms with E-state index in [1.807, 2.05) is 12.1 Å². The van der Waals surface area contributed by atoms with Crippen molar-refractivity contribution in [3.8, 4) is 0 Å². The molecule has 0 saturated carbocycles. The Hall–Kier alpha value is -1.98. The molecule has 1 aromatic heterocycles. The molecule has 6 heteroatoms. The van der Waals surface area contributed by atoms with Crippen molar-refractivity contribution >= 4 is 23.5 Å². The third-order valence-electron chi connectivity index (χ3n) is 3.03. The molecule has 1 amide bonds. The highest BCUT2D eigenvalue weighted by molar-refractivity contribution is 6.29. The third kappa shape index (κ3) is 2.64. The van der Waals surface area contributed by atoms with Crippen LogP contribution in [0, 0.1) is 6.92 Å². The molecule has 2 heterocycles. The van der Waals surface area contributed by atoms with E-state index in [2.05, 4.69) is 15.3 Å². The standard InChI is InChI=1S/C14H12ClN3O2/c1-8-4-12(15)17-14(16-8)18-13(19)9-2-3-10-6-20-7-11(10)5-9/h2-5H,6-7H2,1H3,(H,16,17,18,19). The van der Waals surface area contributed by atoms with E-state index in [0.717, 1.165) is 11.1 Å². The molecular formula is C14H12ClN3O2. The molecule has 20 heavy (non-hydrogen) atoms. The first-order valence-electron chi connectivity index (χ1n) is 6.14. The summed E-state index contributed by atoms with van der Waals surface area (Å²) in [4.78, 5) is 20.3. The second kappa shape index (κ2) is 5.19. The first kappa shape index (κ1) is 13.0. The van der Waals surface area contributed by atoms with E-state index in [1.165, 1.54) is 0 Å². The van der Waals surface area contributed by atoms with Crippen LogP contribution in [-0.4, -0.2) is 15.9 Å². The number of halogens is 1. The van der Waals surface area contributed by atoms with E-state index in [1.54, 1.807) is 19.1 Å². The number of fused-ring (bicyclic) bond motifs is 1. The number of rotatable bonds is 2. The summed E-state index contributed by atoms with van der Waals surface area (Å²) in [6, 6.07) is 7.13. The lowest BCUT2D eigenvalue weighted by Gasteiger charge is -2.06. The first-order chi connectivity index (χ1) is 9.61. The molecule has 0 spiro atoms. The minimum absolute atomic E-state index is 0.205. The van der Waals surface area contributed by atoms with E-state index >= 15 is 0 Å². The number of amides is 1. The van der Waals surface area contributed by atoms with Crippen molar-refractivity contribution < 1.29 is 9.53 Å². The summed E-state index contributed by atoms with van der Waals surface area (Å²) in [5, 5.41) is 2.95. The highest BCUT2D eigenvalue weighted by Crippen LogP contribution is 2.21. The van der Waals surface area contributed by atoms with Crippen LogP contribution in [0.5, 0.6) is 0 Å². The maximum Gasteiger partial charge on any atom is 0.258 e. The summed E-state index contributed by atoms with van der Waals surface area (Å²) in [7, 11) is 0. The summed E-state index contributed by atoms with van der Waals surface area (Å²) in [6.07, 6.45) is 0. The van der Waals surface area contributed by atoms with Crippen LogP contribution in [0.25, 0.3) is 0 Å². The number of aromatic nitrogens is 2. The lowest BCUT2D eigenvalue weighted by molar-refractivity contribution is 0.102. The predicted molar refractivity (Wildman–Crippen MR) is 74.7 cm³/mol. The van der Waals surface area contributed by atoms with E-state index in [0.29, 0.717) is 29.6 Å². The molecule has 1 N–H and O–H groups in total. The molecule has 102 valence electrons. The van der Waals surface area contributed by atoms with Crippen molar-refractivity contribution in [1.82, 2.24) is 9.97 Å². The Labute approximate surface area is 121 Å². The average molecular weight is 290 g/mol. The SMILES string of the molecule is Cc1cc(Cl)nc(NC(=O)c2ccc3c(c2)COC3)n1. The number of hydrogen-bond donors (Lipinski definition) is 1. The maximum atomic E-state index is 12.2. The van der Waals surface area contributed by atoms with Gasteiger partial charge in [-0.1, -0.05) is 17.7 Å². The van der Waals surface area contributed by atoms with Gasteiger partial charge in [0.15, 0.2) is 0 Å². The quantitative estimate of drug-likeness (QED) is 0.864. The molecule has 0 bridgehead atoms. The lowest BCUT2D eigenvalue weighted by Crippen LogP contribution is -2.15. The van der Waals surface area contributed by atoms with Gasteiger partial charge < -0.3 is 4.74 Å². The van der Waals surface area contributed by atoms with E-state index in [9.17, 15) is 4.79 Å². The highest BCUT2D eigenvalue weighted by Gasteiger charge is 2.15. The number of aryl methyl sites for hydroxylation is 1. The summed E-state index contributed by atoms with van der Waals surface area (Å²) in [6.45, 7) is 2.94. The van der Waals surface area contributed by atoms with Gasteiger partial charge >= 0.3 is 0 Å². The monoisotopic (exact) mass is 289 g/mol. The molecule has 0 fully saturated rings. The molecule has 2 aromatic rings. The molecule has 0 aliphatic carbocycles. The molecule has 0 unspecified atom stereocenters. The zero-order valence-corrected chi connectivity index (χ0v) is 11.6. The minimum atomic E-state index is -0.263. The molecule has 0 radical (unpaired) electrons. The highest BCUT2D eigenvalue weighted by atomic mass is 35.5. The van der Waals surface area contributed by atoms with Crippen LogP contribution in [0.1, 0.15) is 27.2 Å². The van der Waals surface area contributed by atoms with E-state index in [4.69, 9.17) is 16.3 Å². The minimum Gasteiger partial charge on any atom is -0.372 e. The Morgan fingerprint density at radius 3 is 2.85 bits per heavy atom. The summed E-state index contributed by atoms with van der Waals surface area (Å²) < 4.78 is 5.33. The molecule has 1 aliphatic rings. The molecule has 0 saturated heterocycles. The van der Waals surface area contributed by atoms with Crippen molar-refractivity contribution in [3.63, 3.8) is 0 Å². The van der Waals surface area contributed by atoms with Crippen LogP contribution in [0.15, 0.2) is 24.3 Å². The molecular weight excluding hydrogens is 278 g/mol. The van der Waals surface area contributed by atoms with E-state index < -0.39 is 0 Å². The van der Waals surface area contributed by atoms with Crippen molar-refractivity contribution in [2.45, 2.75) is 20.1 Å². The molecule has 3 rings (SSSR count). The Bertz CT molecular complexity index is 668. The van der Waals surface area contributed by atoms with E-state index in [-0.39, 0.29) is 11.9 Å². The third-order valence-corrected chi connectivity index (χ3v) is 3.23. The Morgan fingerprint density at radius 2 is 2.05 bits per heavy atom. The van der Waals surface area contributed by atoms with Gasteiger partial charge in [-0.25, -0.2) is 9.97 Å². The number of nitrogens with one attached hydrogen (secondary N) is 1. The van der Waals surface area contributed by atoms with Gasteiger partial charge in [-0.3, -0.25) is 10.1 Å². The second-order valence-corrected chi connectivity index (χ2v) is 4.97. The van der Waals surface area contributed by atoms with Crippen LogP contribution in [0.2, 0.25) is 5.15 Å². The smallest absolute Gasteiger partial charge is 0.258 e. The van der Waals surface area contributed by atoms with Crippen LogP contribution < -0.4 is 5.32 Å². The second-order valence-electron chi connectivity index (χ2n) is 4.59. The van der Waals surface area contributed by atoms with Crippen molar-refractivity contribution in [2.75, 3.05) is 5.32 Å². The van der Waals surface area contributed by atoms with Gasteiger partial charge in [0.25, 0.3) is 5.91 Å². The largest absolute Gasteiger partial charge is 0.372 e. The van der Waals surface area contributed by atoms with Crippen LogP contribution >= 0.6 is 11.6 Å². The Balaban J connectivity index is 1.82. The van der Waals surface area contributed by atoms with Gasteiger partial charge in [-0.2, -0.15) is 0 Å². The van der Waals surface area contributed by atoms with Crippen LogP contribution in [-0.2, 0) is 18.0 Å². The van der Waals surface area contributed by atoms with Crippen molar-refractivity contribution in [3.05, 3.63) is 51.8 Å². The number of benzene rings is 1. The zero-order chi connectivity index (χ0) is 14.1. The number of ether oxygens (including phenoxy) is 1. The number of hydrogen-bond acceptors (Lipinski definition) is 4. The van der Waals surface area contributed by atoms with Gasteiger partial charge in [0.05, 0.1) is 13.2 Å². The average Bonchev–Trinajstić information content (AvgIpc) is 2.84. The number of nitrogens with zero attached hydrogens (tertiary/aromatic N) is 2. The lowest BCUT2D eigenvalue weighted by atomic mass is 10.1. The number of carbonyl (C=O) groups excluding carboxylic acids is 1. The molecule has 5 nitrogen and oxygen atoms in total. The van der Waals surface area contributed by atoms with Crippen LogP contribution in [0.3, 0.4) is 0 Å². The fraction of sp³-hybridized carbons (Fsp3) is 0.214. The molecule has 1 aromatic carbocycles. The first-order valence-corrected chi connectivity index (χ1v) is 6.52. The van der Waals surface area contributed by atoms with Gasteiger partial charge in [0.1, 0.15) is 5.15 Å². The van der Waals surface area contributed by atoms with Gasteiger partial charge in [0, 0.05) is 11.3 Å². The zero-order valence-electron chi connectivity index (χ0n) is 10.8. The Kier molecular flexibility index (Phi) is 3.38. The van der Waals surface area contributed by atoms with Crippen LogP contribution in [0.4, 0.5) is 5.95 Å². The maximum absolute atomic E-state index is 12.2. The molecule has 0 atom stereocenters. The summed E-state index contributed by atoms with van der Waals surface area (Å²) in [5.74, 6) is -0.0573. The predicted octanol–water partition coefficient (Wildman–Crippen LogP) is 2.72. The normalized spacial score (nSPS) is 13.1. The van der Waals surface area contributed by atoms with Gasteiger partial charge in [-0.15, -0.1) is 0 Å². The fourth-order valence-corrected chi connectivity index (χ4v) is 2.31. The number of anilines is 1. The molecule has 1 aliphatic heterocycles.